The summed E-state index contributed by atoms with van der Waals surface area (Å²) < 4.78 is 1.77. The highest BCUT2D eigenvalue weighted by molar-refractivity contribution is 6.29. The van der Waals surface area contributed by atoms with E-state index < -0.39 is 5.97 Å². The smallest absolute Gasteiger partial charge is 0.309 e. The molecule has 0 bridgehead atoms. The summed E-state index contributed by atoms with van der Waals surface area (Å²) in [4.78, 5) is 10.5. The maximum atomic E-state index is 10.5. The first-order chi connectivity index (χ1) is 7.16. The number of carboxylic acids is 1. The summed E-state index contributed by atoms with van der Waals surface area (Å²) in [5, 5.41) is 13.4. The standard InChI is InChI=1S/C10H13ClN2O2/c11-9-5-7(6-10(14)15)12-13(9)8-3-1-2-4-8/h5,8H,1-4,6H2,(H,14,15). The average Bonchev–Trinajstić information content (AvgIpc) is 2.72. The van der Waals surface area contributed by atoms with Gasteiger partial charge in [-0.2, -0.15) is 5.10 Å². The molecule has 0 radical (unpaired) electrons. The van der Waals surface area contributed by atoms with Crippen molar-refractivity contribution in [1.82, 2.24) is 9.78 Å². The highest BCUT2D eigenvalue weighted by Crippen LogP contribution is 2.31. The van der Waals surface area contributed by atoms with Gasteiger partial charge in [0.2, 0.25) is 0 Å². The average molecular weight is 229 g/mol. The van der Waals surface area contributed by atoms with Crippen LogP contribution in [-0.4, -0.2) is 20.9 Å². The molecule has 1 aromatic heterocycles. The van der Waals surface area contributed by atoms with Crippen LogP contribution in [0.2, 0.25) is 5.15 Å². The van der Waals surface area contributed by atoms with Crippen molar-refractivity contribution in [2.24, 2.45) is 0 Å². The highest BCUT2D eigenvalue weighted by atomic mass is 35.5. The summed E-state index contributed by atoms with van der Waals surface area (Å²) >= 11 is 6.02. The van der Waals surface area contributed by atoms with Gasteiger partial charge in [-0.25, -0.2) is 0 Å². The molecule has 0 amide bonds. The third-order valence-corrected chi connectivity index (χ3v) is 3.03. The molecule has 1 heterocycles. The molecule has 0 aliphatic heterocycles. The second-order valence-electron chi connectivity index (χ2n) is 3.91. The number of aromatic nitrogens is 2. The van der Waals surface area contributed by atoms with Crippen molar-refractivity contribution in [3.05, 3.63) is 16.9 Å². The fourth-order valence-electron chi connectivity index (χ4n) is 2.06. The first-order valence-corrected chi connectivity index (χ1v) is 5.50. The molecule has 1 aromatic rings. The van der Waals surface area contributed by atoms with Crippen LogP contribution in [0.5, 0.6) is 0 Å². The van der Waals surface area contributed by atoms with Gasteiger partial charge in [0.25, 0.3) is 0 Å². The molecule has 1 fully saturated rings. The van der Waals surface area contributed by atoms with Crippen LogP contribution in [0, 0.1) is 0 Å². The van der Waals surface area contributed by atoms with E-state index in [4.69, 9.17) is 16.7 Å². The van der Waals surface area contributed by atoms with Gasteiger partial charge >= 0.3 is 5.97 Å². The molecule has 15 heavy (non-hydrogen) atoms. The van der Waals surface area contributed by atoms with Crippen LogP contribution in [0.15, 0.2) is 6.07 Å². The van der Waals surface area contributed by atoms with Crippen molar-refractivity contribution in [2.75, 3.05) is 0 Å². The Labute approximate surface area is 92.8 Å². The molecule has 0 saturated heterocycles. The van der Waals surface area contributed by atoms with Crippen molar-refractivity contribution in [3.8, 4) is 0 Å². The van der Waals surface area contributed by atoms with Gasteiger partial charge in [-0.05, 0) is 18.9 Å². The number of halogens is 1. The fraction of sp³-hybridized carbons (Fsp3) is 0.600. The van der Waals surface area contributed by atoms with Crippen molar-refractivity contribution in [3.63, 3.8) is 0 Å². The lowest BCUT2D eigenvalue weighted by molar-refractivity contribution is -0.136. The van der Waals surface area contributed by atoms with E-state index >= 15 is 0 Å². The van der Waals surface area contributed by atoms with E-state index in [2.05, 4.69) is 5.10 Å². The minimum absolute atomic E-state index is 0.0561. The monoisotopic (exact) mass is 228 g/mol. The third-order valence-electron chi connectivity index (χ3n) is 2.74. The Balaban J connectivity index is 2.17. The topological polar surface area (TPSA) is 55.1 Å². The predicted octanol–water partition coefficient (Wildman–Crippen LogP) is 2.28. The molecule has 1 aliphatic carbocycles. The van der Waals surface area contributed by atoms with Crippen molar-refractivity contribution in [1.29, 1.82) is 0 Å². The van der Waals surface area contributed by atoms with E-state index in [1.807, 2.05) is 0 Å². The Morgan fingerprint density at radius 1 is 1.60 bits per heavy atom. The van der Waals surface area contributed by atoms with Gasteiger partial charge in [-0.3, -0.25) is 9.48 Å². The zero-order valence-corrected chi connectivity index (χ0v) is 9.07. The molecule has 5 heteroatoms. The lowest BCUT2D eigenvalue weighted by Crippen LogP contribution is -2.08. The Hall–Kier alpha value is -1.03. The van der Waals surface area contributed by atoms with Gasteiger partial charge in [0.15, 0.2) is 0 Å². The molecule has 4 nitrogen and oxygen atoms in total. The Morgan fingerprint density at radius 3 is 2.87 bits per heavy atom. The first-order valence-electron chi connectivity index (χ1n) is 5.12. The number of aliphatic carboxylic acids is 1. The van der Waals surface area contributed by atoms with Crippen LogP contribution >= 0.6 is 11.6 Å². The van der Waals surface area contributed by atoms with Gasteiger partial charge in [-0.15, -0.1) is 0 Å². The molecule has 0 unspecified atom stereocenters. The summed E-state index contributed by atoms with van der Waals surface area (Å²) in [5.74, 6) is -0.872. The van der Waals surface area contributed by atoms with E-state index in [0.29, 0.717) is 16.9 Å². The summed E-state index contributed by atoms with van der Waals surface area (Å²) in [7, 11) is 0. The molecule has 1 aliphatic rings. The Morgan fingerprint density at radius 2 is 2.27 bits per heavy atom. The molecule has 0 atom stereocenters. The zero-order chi connectivity index (χ0) is 10.8. The number of carboxylic acid groups (broad SMARTS) is 1. The lowest BCUT2D eigenvalue weighted by atomic mass is 10.3. The number of rotatable bonds is 3. The van der Waals surface area contributed by atoms with Gasteiger partial charge in [-0.1, -0.05) is 24.4 Å². The van der Waals surface area contributed by atoms with Gasteiger partial charge in [0.05, 0.1) is 18.2 Å². The fourth-order valence-corrected chi connectivity index (χ4v) is 2.37. The van der Waals surface area contributed by atoms with E-state index in [1.165, 1.54) is 12.8 Å². The van der Waals surface area contributed by atoms with Crippen LogP contribution in [0.3, 0.4) is 0 Å². The predicted molar refractivity (Wildman–Crippen MR) is 56.1 cm³/mol. The van der Waals surface area contributed by atoms with Crippen molar-refractivity contribution in [2.45, 2.75) is 38.1 Å². The van der Waals surface area contributed by atoms with Crippen LogP contribution < -0.4 is 0 Å². The Bertz CT molecular complexity index is 369. The zero-order valence-electron chi connectivity index (χ0n) is 8.32. The van der Waals surface area contributed by atoms with E-state index in [9.17, 15) is 4.79 Å². The van der Waals surface area contributed by atoms with Gasteiger partial charge in [0.1, 0.15) is 5.15 Å². The SMILES string of the molecule is O=C(O)Cc1cc(Cl)n(C2CCCC2)n1. The number of hydrogen-bond donors (Lipinski definition) is 1. The quantitative estimate of drug-likeness (QED) is 0.864. The van der Waals surface area contributed by atoms with E-state index in [1.54, 1.807) is 10.7 Å². The second-order valence-corrected chi connectivity index (χ2v) is 4.30. The summed E-state index contributed by atoms with van der Waals surface area (Å²) in [6.45, 7) is 0. The molecule has 1 N–H and O–H groups in total. The van der Waals surface area contributed by atoms with Crippen molar-refractivity contribution < 1.29 is 9.90 Å². The minimum Gasteiger partial charge on any atom is -0.481 e. The van der Waals surface area contributed by atoms with Crippen LogP contribution in [0.1, 0.15) is 37.4 Å². The maximum Gasteiger partial charge on any atom is 0.309 e. The molecule has 0 aromatic carbocycles. The minimum atomic E-state index is -0.872. The number of carbonyl (C=O) groups is 1. The molecule has 0 spiro atoms. The van der Waals surface area contributed by atoms with Gasteiger partial charge in [0, 0.05) is 0 Å². The number of nitrogens with zero attached hydrogens (tertiary/aromatic N) is 2. The summed E-state index contributed by atoms with van der Waals surface area (Å²) in [6, 6.07) is 2.01. The lowest BCUT2D eigenvalue weighted by Gasteiger charge is -2.10. The molecule has 1 saturated carbocycles. The molecule has 82 valence electrons. The second kappa shape index (κ2) is 4.23. The highest BCUT2D eigenvalue weighted by Gasteiger charge is 2.20. The van der Waals surface area contributed by atoms with Crippen LogP contribution in [0.25, 0.3) is 0 Å². The molecule has 2 rings (SSSR count). The number of hydrogen-bond acceptors (Lipinski definition) is 2. The van der Waals surface area contributed by atoms with Gasteiger partial charge < -0.3 is 5.11 Å². The maximum absolute atomic E-state index is 10.5. The molecular formula is C10H13ClN2O2. The summed E-state index contributed by atoms with van der Waals surface area (Å²) in [5.41, 5.74) is 0.541. The van der Waals surface area contributed by atoms with Crippen LogP contribution in [-0.2, 0) is 11.2 Å². The van der Waals surface area contributed by atoms with E-state index in [0.717, 1.165) is 12.8 Å². The largest absolute Gasteiger partial charge is 0.481 e. The summed E-state index contributed by atoms with van der Waals surface area (Å²) in [6.07, 6.45) is 4.53. The van der Waals surface area contributed by atoms with Crippen LogP contribution in [0.4, 0.5) is 0 Å². The normalized spacial score (nSPS) is 17.1. The van der Waals surface area contributed by atoms with Crippen molar-refractivity contribution >= 4 is 17.6 Å². The first kappa shape index (κ1) is 10.5. The van der Waals surface area contributed by atoms with E-state index in [-0.39, 0.29) is 6.42 Å². The third kappa shape index (κ3) is 2.31. The molecular weight excluding hydrogens is 216 g/mol. The Kier molecular flexibility index (Phi) is 2.95.